The third kappa shape index (κ3) is 4.59. The third-order valence-corrected chi connectivity index (χ3v) is 8.51. The number of hydrogen-bond donors (Lipinski definition) is 5. The van der Waals surface area contributed by atoms with Gasteiger partial charge in [-0.25, -0.2) is 15.0 Å². The van der Waals surface area contributed by atoms with E-state index in [0.29, 0.717) is 36.0 Å². The van der Waals surface area contributed by atoms with Crippen LogP contribution >= 0.6 is 11.3 Å². The topological polar surface area (TPSA) is 154 Å². The molecule has 5 aromatic rings. The molecule has 202 valence electrons. The number of thiazole rings is 1. The predicted molar refractivity (Wildman–Crippen MR) is 150 cm³/mol. The zero-order valence-corrected chi connectivity index (χ0v) is 22.6. The van der Waals surface area contributed by atoms with Crippen LogP contribution in [0.25, 0.3) is 26.4 Å². The van der Waals surface area contributed by atoms with Crippen molar-refractivity contribution in [3.05, 3.63) is 59.9 Å². The number of nitrogens with one attached hydrogen (secondary N) is 2. The first-order valence-electron chi connectivity index (χ1n) is 12.8. The van der Waals surface area contributed by atoms with Crippen molar-refractivity contribution < 1.29 is 15.3 Å². The van der Waals surface area contributed by atoms with Crippen molar-refractivity contribution in [2.24, 2.45) is 5.92 Å². The van der Waals surface area contributed by atoms with E-state index in [9.17, 15) is 15.3 Å². The summed E-state index contributed by atoms with van der Waals surface area (Å²) in [6.45, 7) is 5.59. The molecular formula is C27H30N8O3S. The molecule has 12 heteroatoms. The Balaban J connectivity index is 1.38. The highest BCUT2D eigenvalue weighted by Crippen LogP contribution is 2.41. The van der Waals surface area contributed by atoms with Gasteiger partial charge in [-0.05, 0) is 45.4 Å². The molecule has 1 aliphatic rings. The van der Waals surface area contributed by atoms with Gasteiger partial charge in [-0.3, -0.25) is 4.98 Å². The summed E-state index contributed by atoms with van der Waals surface area (Å²) in [7, 11) is 0. The Morgan fingerprint density at radius 2 is 1.97 bits per heavy atom. The van der Waals surface area contributed by atoms with E-state index < -0.39 is 23.7 Å². The van der Waals surface area contributed by atoms with Crippen LogP contribution in [0.5, 0.6) is 0 Å². The van der Waals surface area contributed by atoms with Crippen LogP contribution < -0.4 is 10.6 Å². The number of aryl methyl sites for hydroxylation is 2. The Hall–Kier alpha value is -3.71. The van der Waals surface area contributed by atoms with Crippen molar-refractivity contribution in [3.63, 3.8) is 0 Å². The predicted octanol–water partition coefficient (Wildman–Crippen LogP) is 2.93. The summed E-state index contributed by atoms with van der Waals surface area (Å²) < 4.78 is 2.95. The van der Waals surface area contributed by atoms with Gasteiger partial charge in [0.15, 0.2) is 0 Å². The number of fused-ring (bicyclic) bond motifs is 2. The normalized spacial score (nSPS) is 23.1. The summed E-state index contributed by atoms with van der Waals surface area (Å²) >= 11 is 1.52. The smallest absolute Gasteiger partial charge is 0.225 e. The minimum absolute atomic E-state index is 0.221. The Kier molecular flexibility index (Phi) is 6.42. The number of nitrogens with zero attached hydrogens (tertiary/aromatic N) is 6. The van der Waals surface area contributed by atoms with E-state index >= 15 is 0 Å². The first-order chi connectivity index (χ1) is 18.7. The zero-order chi connectivity index (χ0) is 27.3. The number of anilines is 2. The molecule has 1 saturated carbocycles. The van der Waals surface area contributed by atoms with Crippen molar-refractivity contribution in [3.8, 4) is 10.6 Å². The van der Waals surface area contributed by atoms with E-state index in [-0.39, 0.29) is 6.61 Å². The van der Waals surface area contributed by atoms with Crippen LogP contribution in [-0.4, -0.2) is 69.0 Å². The van der Waals surface area contributed by atoms with E-state index in [1.807, 2.05) is 54.9 Å². The highest BCUT2D eigenvalue weighted by Gasteiger charge is 2.50. The van der Waals surface area contributed by atoms with Gasteiger partial charge >= 0.3 is 0 Å². The molecule has 1 fully saturated rings. The van der Waals surface area contributed by atoms with E-state index in [0.717, 1.165) is 32.3 Å². The van der Waals surface area contributed by atoms with Crippen molar-refractivity contribution in [2.75, 3.05) is 17.2 Å². The molecule has 0 amide bonds. The molecule has 6 rings (SSSR count). The lowest BCUT2D eigenvalue weighted by Gasteiger charge is -2.30. The molecule has 5 heterocycles. The molecule has 5 N–H and O–H groups in total. The van der Waals surface area contributed by atoms with Crippen LogP contribution in [0.4, 0.5) is 11.8 Å². The number of rotatable bonds is 7. The second-order valence-electron chi connectivity index (χ2n) is 10.2. The van der Waals surface area contributed by atoms with Crippen LogP contribution in [0.2, 0.25) is 0 Å². The van der Waals surface area contributed by atoms with Crippen molar-refractivity contribution >= 4 is 39.0 Å². The van der Waals surface area contributed by atoms with E-state index in [1.165, 1.54) is 11.3 Å². The highest BCUT2D eigenvalue weighted by molar-refractivity contribution is 7.21. The second kappa shape index (κ2) is 9.79. The highest BCUT2D eigenvalue weighted by atomic mass is 32.1. The maximum absolute atomic E-state index is 11.1. The van der Waals surface area contributed by atoms with Crippen LogP contribution in [0.1, 0.15) is 30.4 Å². The maximum Gasteiger partial charge on any atom is 0.225 e. The molecule has 39 heavy (non-hydrogen) atoms. The fourth-order valence-electron chi connectivity index (χ4n) is 5.24. The van der Waals surface area contributed by atoms with Crippen LogP contribution in [-0.2, 0) is 6.54 Å². The monoisotopic (exact) mass is 546 g/mol. The second-order valence-corrected chi connectivity index (χ2v) is 11.2. The lowest BCUT2D eigenvalue weighted by Crippen LogP contribution is -2.48. The SMILES string of the molecule is Cc1nc(NCc2cn3ccccc3n2)nc(NC2C[C@H](CO)[C@@H](O)[C@@]2(C)O)c1-c1nc2c(C)nccc2s1. The minimum Gasteiger partial charge on any atom is -0.396 e. The molecule has 4 atom stereocenters. The van der Waals surface area contributed by atoms with Gasteiger partial charge in [-0.15, -0.1) is 11.3 Å². The summed E-state index contributed by atoms with van der Waals surface area (Å²) in [5.41, 5.74) is 3.29. The maximum atomic E-state index is 11.1. The number of pyridine rings is 2. The molecule has 1 unspecified atom stereocenters. The van der Waals surface area contributed by atoms with Gasteiger partial charge in [0.1, 0.15) is 27.6 Å². The number of imidazole rings is 1. The van der Waals surface area contributed by atoms with Crippen molar-refractivity contribution in [2.45, 2.75) is 51.5 Å². The Morgan fingerprint density at radius 1 is 1.13 bits per heavy atom. The molecule has 11 nitrogen and oxygen atoms in total. The number of hydrogen-bond acceptors (Lipinski definition) is 11. The first kappa shape index (κ1) is 25.6. The fraction of sp³-hybridized carbons (Fsp3) is 0.370. The molecule has 0 radical (unpaired) electrons. The van der Waals surface area contributed by atoms with Gasteiger partial charge in [0.25, 0.3) is 0 Å². The van der Waals surface area contributed by atoms with Crippen LogP contribution in [0.15, 0.2) is 42.9 Å². The minimum atomic E-state index is -1.47. The third-order valence-electron chi connectivity index (χ3n) is 7.47. The molecule has 0 saturated heterocycles. The molecule has 0 aliphatic heterocycles. The Morgan fingerprint density at radius 3 is 2.72 bits per heavy atom. The lowest BCUT2D eigenvalue weighted by atomic mass is 9.96. The summed E-state index contributed by atoms with van der Waals surface area (Å²) in [6.07, 6.45) is 4.96. The molecule has 0 bridgehead atoms. The van der Waals surface area contributed by atoms with Gasteiger partial charge in [0.2, 0.25) is 5.95 Å². The van der Waals surface area contributed by atoms with Gasteiger partial charge in [0, 0.05) is 31.1 Å². The van der Waals surface area contributed by atoms with E-state index in [4.69, 9.17) is 15.0 Å². The largest absolute Gasteiger partial charge is 0.396 e. The number of aliphatic hydroxyl groups excluding tert-OH is 2. The Labute approximate surface area is 228 Å². The van der Waals surface area contributed by atoms with Gasteiger partial charge in [-0.2, -0.15) is 4.98 Å². The van der Waals surface area contributed by atoms with Crippen LogP contribution in [0.3, 0.4) is 0 Å². The van der Waals surface area contributed by atoms with Crippen LogP contribution in [0, 0.1) is 19.8 Å². The average Bonchev–Trinajstić information content (AvgIpc) is 3.58. The average molecular weight is 547 g/mol. The summed E-state index contributed by atoms with van der Waals surface area (Å²) in [5.74, 6) is 0.431. The van der Waals surface area contributed by atoms with Gasteiger partial charge in [0.05, 0.1) is 46.0 Å². The zero-order valence-electron chi connectivity index (χ0n) is 21.8. The van der Waals surface area contributed by atoms with E-state index in [2.05, 4.69) is 20.6 Å². The molecule has 0 aromatic carbocycles. The first-order valence-corrected chi connectivity index (χ1v) is 13.6. The molecule has 0 spiro atoms. The number of aromatic nitrogens is 6. The van der Waals surface area contributed by atoms with Gasteiger partial charge < -0.3 is 30.4 Å². The molecule has 5 aromatic heterocycles. The summed E-state index contributed by atoms with van der Waals surface area (Å²) in [5, 5.41) is 38.9. The van der Waals surface area contributed by atoms with E-state index in [1.54, 1.807) is 13.1 Å². The Bertz CT molecular complexity index is 1630. The summed E-state index contributed by atoms with van der Waals surface area (Å²) in [6, 6.07) is 7.21. The van der Waals surface area contributed by atoms with Gasteiger partial charge in [-0.1, -0.05) is 6.07 Å². The summed E-state index contributed by atoms with van der Waals surface area (Å²) in [4.78, 5) is 23.4. The lowest BCUT2D eigenvalue weighted by molar-refractivity contribution is -0.0647. The standard InChI is InChI=1S/C27H30N8O3S/c1-14-21(25-33-22-15(2)28-8-7-18(22)39-25)24(32-19-10-16(13-36)23(37)27(19,3)38)34-26(30-14)29-11-17-12-35-9-5-4-6-20(35)31-17/h4-9,12,16,19,23,36-38H,10-11,13H2,1-3H3,(H2,29,30,32,34)/t16-,19?,23-,27+/m1/s1. The fourth-order valence-corrected chi connectivity index (χ4v) is 6.35. The number of aliphatic hydroxyl groups is 3. The molecular weight excluding hydrogens is 516 g/mol. The quantitative estimate of drug-likeness (QED) is 0.206. The van der Waals surface area contributed by atoms with Crippen molar-refractivity contribution in [1.82, 2.24) is 29.3 Å². The van der Waals surface area contributed by atoms with Crippen molar-refractivity contribution in [1.29, 1.82) is 0 Å². The molecule has 1 aliphatic carbocycles.